The second kappa shape index (κ2) is 19.8. The molecule has 2 aliphatic rings. The average Bonchev–Trinajstić information content (AvgIpc) is 2.99. The molecule has 4 amide bonds. The topological polar surface area (TPSA) is 141 Å². The first kappa shape index (κ1) is 44.8. The first-order chi connectivity index (χ1) is 25.5. The van der Waals surface area contributed by atoms with Gasteiger partial charge < -0.3 is 30.7 Å². The van der Waals surface area contributed by atoms with E-state index in [0.717, 1.165) is 49.8 Å². The van der Waals surface area contributed by atoms with Crippen molar-refractivity contribution >= 4 is 23.6 Å². The Kier molecular flexibility index (Phi) is 16.2. The van der Waals surface area contributed by atoms with Crippen molar-refractivity contribution < 1.29 is 55.0 Å². The van der Waals surface area contributed by atoms with Crippen LogP contribution in [0.4, 0.5) is 26.3 Å². The smallest absolute Gasteiger partial charge is 0.387 e. The quantitative estimate of drug-likeness (QED) is 0.195. The summed E-state index contributed by atoms with van der Waals surface area (Å²) in [6.07, 6.45) is 0.727. The molecule has 18 heteroatoms. The SMILES string of the molecule is CC(C)(C)NC(=O)CN1CC(CCNC(=O)c2ccc(F)c(OC(F)F)c2)C1.CC(C)(C)NC(=O)CN1CC(CNC(=O)c2cc(F)cc(OC(F)F)c2)C1. The van der Waals surface area contributed by atoms with E-state index in [1.807, 2.05) is 51.3 Å². The summed E-state index contributed by atoms with van der Waals surface area (Å²) in [6.45, 7) is 9.47. The van der Waals surface area contributed by atoms with Gasteiger partial charge in [-0.15, -0.1) is 0 Å². The highest BCUT2D eigenvalue weighted by molar-refractivity contribution is 5.95. The largest absolute Gasteiger partial charge is 0.435 e. The van der Waals surface area contributed by atoms with Crippen LogP contribution in [-0.2, 0) is 9.59 Å². The van der Waals surface area contributed by atoms with Crippen LogP contribution in [-0.4, -0.2) is 110 Å². The van der Waals surface area contributed by atoms with Crippen molar-refractivity contribution in [2.75, 3.05) is 52.4 Å². The Morgan fingerprint density at radius 2 is 1.24 bits per heavy atom. The van der Waals surface area contributed by atoms with Crippen molar-refractivity contribution in [1.29, 1.82) is 0 Å². The van der Waals surface area contributed by atoms with Crippen molar-refractivity contribution in [2.45, 2.75) is 72.3 Å². The molecule has 0 aliphatic carbocycles. The lowest BCUT2D eigenvalue weighted by Crippen LogP contribution is -2.55. The van der Waals surface area contributed by atoms with Gasteiger partial charge in [-0.1, -0.05) is 0 Å². The van der Waals surface area contributed by atoms with Gasteiger partial charge in [-0.2, -0.15) is 17.6 Å². The number of nitrogens with zero attached hydrogens (tertiary/aromatic N) is 2. The molecule has 2 fully saturated rings. The molecule has 2 heterocycles. The van der Waals surface area contributed by atoms with Crippen molar-refractivity contribution in [3.8, 4) is 11.5 Å². The third kappa shape index (κ3) is 16.8. The molecular weight excluding hydrogens is 738 g/mol. The van der Waals surface area contributed by atoms with Crippen LogP contribution < -0.4 is 30.7 Å². The minimum absolute atomic E-state index is 0.0163. The van der Waals surface area contributed by atoms with Gasteiger partial charge in [0.2, 0.25) is 11.8 Å². The number of alkyl halides is 4. The van der Waals surface area contributed by atoms with Crippen LogP contribution in [0.3, 0.4) is 0 Å². The number of likely N-dealkylation sites (tertiary alicyclic amines) is 2. The van der Waals surface area contributed by atoms with Crippen LogP contribution in [0, 0.1) is 23.5 Å². The molecule has 0 saturated carbocycles. The predicted molar refractivity (Wildman–Crippen MR) is 191 cm³/mol. The molecule has 2 aromatic carbocycles. The lowest BCUT2D eigenvalue weighted by atomic mass is 9.96. The summed E-state index contributed by atoms with van der Waals surface area (Å²) >= 11 is 0. The molecule has 2 aromatic rings. The van der Waals surface area contributed by atoms with Crippen LogP contribution >= 0.6 is 0 Å². The fraction of sp³-hybridized carbons (Fsp3) is 0.568. The number of benzene rings is 2. The molecule has 0 bridgehead atoms. The minimum Gasteiger partial charge on any atom is -0.435 e. The summed E-state index contributed by atoms with van der Waals surface area (Å²) < 4.78 is 84.0. The summed E-state index contributed by atoms with van der Waals surface area (Å²) in [7, 11) is 0. The number of carbonyl (C=O) groups excluding carboxylic acids is 4. The zero-order chi connectivity index (χ0) is 41.1. The van der Waals surface area contributed by atoms with Gasteiger partial charge in [-0.05, 0) is 84.2 Å². The molecule has 55 heavy (non-hydrogen) atoms. The molecular formula is C37H50F6N6O6. The molecule has 306 valence electrons. The van der Waals surface area contributed by atoms with Gasteiger partial charge in [0.25, 0.3) is 11.8 Å². The molecule has 2 saturated heterocycles. The van der Waals surface area contributed by atoms with Crippen LogP contribution in [0.1, 0.15) is 68.7 Å². The Morgan fingerprint density at radius 3 is 1.76 bits per heavy atom. The molecule has 0 atom stereocenters. The normalized spacial score (nSPS) is 15.3. The Hall–Kier alpha value is -4.58. The highest BCUT2D eigenvalue weighted by atomic mass is 19.3. The van der Waals surface area contributed by atoms with E-state index in [9.17, 15) is 45.5 Å². The number of carbonyl (C=O) groups is 4. The molecule has 4 N–H and O–H groups in total. The molecule has 0 unspecified atom stereocenters. The van der Waals surface area contributed by atoms with Crippen LogP contribution in [0.2, 0.25) is 0 Å². The van der Waals surface area contributed by atoms with Gasteiger partial charge in [0.1, 0.15) is 11.6 Å². The van der Waals surface area contributed by atoms with Gasteiger partial charge in [0, 0.05) is 73.5 Å². The molecule has 0 aromatic heterocycles. The number of hydrogen-bond acceptors (Lipinski definition) is 8. The van der Waals surface area contributed by atoms with E-state index in [4.69, 9.17) is 0 Å². The lowest BCUT2D eigenvalue weighted by Gasteiger charge is -2.39. The van der Waals surface area contributed by atoms with Gasteiger partial charge in [-0.3, -0.25) is 29.0 Å². The highest BCUT2D eigenvalue weighted by Crippen LogP contribution is 2.22. The zero-order valence-electron chi connectivity index (χ0n) is 31.7. The number of rotatable bonds is 15. The van der Waals surface area contributed by atoms with Crippen molar-refractivity contribution in [3.05, 3.63) is 59.2 Å². The second-order valence-corrected chi connectivity index (χ2v) is 15.5. The fourth-order valence-corrected chi connectivity index (χ4v) is 5.77. The maximum atomic E-state index is 13.5. The minimum atomic E-state index is -3.17. The Labute approximate surface area is 316 Å². The molecule has 2 aliphatic heterocycles. The van der Waals surface area contributed by atoms with Crippen LogP contribution in [0.25, 0.3) is 0 Å². The van der Waals surface area contributed by atoms with E-state index in [1.54, 1.807) is 0 Å². The predicted octanol–water partition coefficient (Wildman–Crippen LogP) is 4.40. The number of ether oxygens (including phenoxy) is 2. The number of amides is 4. The molecule has 0 radical (unpaired) electrons. The fourth-order valence-electron chi connectivity index (χ4n) is 5.77. The monoisotopic (exact) mass is 788 g/mol. The molecule has 0 spiro atoms. The van der Waals surface area contributed by atoms with Crippen molar-refractivity contribution in [2.24, 2.45) is 11.8 Å². The average molecular weight is 789 g/mol. The summed E-state index contributed by atoms with van der Waals surface area (Å²) in [5.74, 6) is -3.46. The highest BCUT2D eigenvalue weighted by Gasteiger charge is 2.30. The van der Waals surface area contributed by atoms with Gasteiger partial charge in [0.15, 0.2) is 11.6 Å². The number of hydrogen-bond donors (Lipinski definition) is 4. The number of nitrogens with one attached hydrogen (secondary N) is 4. The van der Waals surface area contributed by atoms with Crippen molar-refractivity contribution in [3.63, 3.8) is 0 Å². The second-order valence-electron chi connectivity index (χ2n) is 15.5. The maximum Gasteiger partial charge on any atom is 0.387 e. The van der Waals surface area contributed by atoms with E-state index in [1.165, 1.54) is 6.07 Å². The lowest BCUT2D eigenvalue weighted by molar-refractivity contribution is -0.126. The maximum absolute atomic E-state index is 13.5. The van der Waals surface area contributed by atoms with E-state index in [0.29, 0.717) is 45.2 Å². The van der Waals surface area contributed by atoms with Crippen LogP contribution in [0.15, 0.2) is 36.4 Å². The standard InChI is InChI=1S/C19H26F3N3O3.C18H24F3N3O3/c1-19(2,3)24-16(26)11-25-9-12(10-25)6-7-23-17(27)13-4-5-14(20)15(8-13)28-18(21)22;1-18(2,3)23-15(25)10-24-8-11(9-24)7-22-16(26)12-4-13(19)6-14(5-12)27-17(20)21/h4-5,8,12,18H,6-7,9-11H2,1-3H3,(H,23,27)(H,24,26);4-6,11,17H,7-10H2,1-3H3,(H,22,26)(H,23,25). The third-order valence-corrected chi connectivity index (χ3v) is 7.99. The number of halogens is 6. The van der Waals surface area contributed by atoms with E-state index in [-0.39, 0.29) is 39.9 Å². The Morgan fingerprint density at radius 1 is 0.709 bits per heavy atom. The first-order valence-corrected chi connectivity index (χ1v) is 17.7. The Balaban J connectivity index is 0.000000296. The summed E-state index contributed by atoms with van der Waals surface area (Å²) in [4.78, 5) is 51.9. The Bertz CT molecular complexity index is 1620. The van der Waals surface area contributed by atoms with Gasteiger partial charge in [-0.25, -0.2) is 8.78 Å². The first-order valence-electron chi connectivity index (χ1n) is 17.7. The summed E-state index contributed by atoms with van der Waals surface area (Å²) in [5.41, 5.74) is -0.586. The molecule has 4 rings (SSSR count). The summed E-state index contributed by atoms with van der Waals surface area (Å²) in [6, 6.07) is 5.89. The van der Waals surface area contributed by atoms with E-state index < -0.39 is 48.2 Å². The van der Waals surface area contributed by atoms with Gasteiger partial charge >= 0.3 is 13.2 Å². The zero-order valence-corrected chi connectivity index (χ0v) is 31.7. The van der Waals surface area contributed by atoms with Crippen LogP contribution in [0.5, 0.6) is 11.5 Å². The van der Waals surface area contributed by atoms with E-state index in [2.05, 4.69) is 30.7 Å². The molecule has 12 nitrogen and oxygen atoms in total. The summed E-state index contributed by atoms with van der Waals surface area (Å²) in [5, 5.41) is 11.1. The van der Waals surface area contributed by atoms with Gasteiger partial charge in [0.05, 0.1) is 13.1 Å². The van der Waals surface area contributed by atoms with E-state index >= 15 is 0 Å². The third-order valence-electron chi connectivity index (χ3n) is 7.99. The van der Waals surface area contributed by atoms with Crippen molar-refractivity contribution in [1.82, 2.24) is 31.1 Å².